The largest absolute Gasteiger partial charge is 0.348 e. The molecule has 0 radical (unpaired) electrons. The number of imidazole rings is 1. The molecule has 4 saturated heterocycles. The number of aromatic nitrogens is 4. The Hall–Kier alpha value is -3.39. The Morgan fingerprint density at radius 3 is 2.66 bits per heavy atom. The van der Waals surface area contributed by atoms with Gasteiger partial charge in [-0.2, -0.15) is 5.10 Å². The van der Waals surface area contributed by atoms with Crippen LogP contribution in [0.1, 0.15) is 63.6 Å². The molecule has 2 N–H and O–H groups in total. The van der Waals surface area contributed by atoms with Gasteiger partial charge in [0.05, 0.1) is 48.5 Å². The van der Waals surface area contributed by atoms with Crippen LogP contribution in [0.5, 0.6) is 0 Å². The molecule has 4 unspecified atom stereocenters. The molecule has 0 aliphatic carbocycles. The number of hydrogen-bond donors (Lipinski definition) is 2. The molecule has 12 nitrogen and oxygen atoms in total. The summed E-state index contributed by atoms with van der Waals surface area (Å²) >= 11 is 0. The number of hydrogen-bond acceptors (Lipinski definition) is 9. The van der Waals surface area contributed by atoms with E-state index in [-0.39, 0.29) is 30.3 Å². The van der Waals surface area contributed by atoms with Gasteiger partial charge in [-0.05, 0) is 90.4 Å². The van der Waals surface area contributed by atoms with Crippen LogP contribution in [0.25, 0.3) is 21.9 Å². The molecule has 2 aromatic heterocycles. The number of carbonyl (C=O) groups excluding carboxylic acids is 1. The highest BCUT2D eigenvalue weighted by Crippen LogP contribution is 2.40. The molecule has 4 aliphatic heterocycles. The van der Waals surface area contributed by atoms with Crippen molar-refractivity contribution in [2.45, 2.75) is 103 Å². The molecule has 4 aliphatic rings. The Balaban J connectivity index is 0.930. The van der Waals surface area contributed by atoms with Gasteiger partial charge < -0.3 is 29.2 Å². The summed E-state index contributed by atoms with van der Waals surface area (Å²) in [6.07, 6.45) is 4.08. The molecule has 5 atom stereocenters. The highest BCUT2D eigenvalue weighted by atomic mass is 16.8. The molecule has 12 heteroatoms. The third-order valence-corrected chi connectivity index (χ3v) is 10.1. The van der Waals surface area contributed by atoms with Crippen molar-refractivity contribution in [1.29, 1.82) is 0 Å². The van der Waals surface area contributed by atoms with Crippen LogP contribution in [-0.2, 0) is 32.0 Å². The molecule has 4 fully saturated rings. The molecule has 6 heterocycles. The predicted octanol–water partition coefficient (Wildman–Crippen LogP) is 4.51. The maximum Gasteiger partial charge on any atom is 0.255 e. The first-order valence-corrected chi connectivity index (χ1v) is 16.9. The van der Waals surface area contributed by atoms with Crippen LogP contribution >= 0.6 is 0 Å². The molecule has 8 rings (SSSR count). The molecular formula is C35H45N7O5. The second-order valence-corrected chi connectivity index (χ2v) is 14.5. The van der Waals surface area contributed by atoms with Crippen molar-refractivity contribution in [3.63, 3.8) is 0 Å². The van der Waals surface area contributed by atoms with E-state index in [4.69, 9.17) is 23.9 Å². The molecule has 1 amide bonds. The number of ether oxygens (including phenoxy) is 4. The minimum absolute atomic E-state index is 0.0158. The van der Waals surface area contributed by atoms with E-state index in [1.165, 1.54) is 12.8 Å². The van der Waals surface area contributed by atoms with Crippen LogP contribution in [0.2, 0.25) is 0 Å². The SMILES string of the molecule is C[C@H]1CCCN1Cc1nc2ccc(NC(=O)c3ccc4c(cnn4CCN4CC5OC(C)(C)OC5C4C4COC(C)(C)O4)c3)cc2[nH]1. The van der Waals surface area contributed by atoms with E-state index in [0.717, 1.165) is 59.6 Å². The Morgan fingerprint density at radius 2 is 1.87 bits per heavy atom. The van der Waals surface area contributed by atoms with Crippen LogP contribution in [0.3, 0.4) is 0 Å². The van der Waals surface area contributed by atoms with E-state index in [2.05, 4.69) is 32.1 Å². The molecule has 2 aromatic carbocycles. The van der Waals surface area contributed by atoms with Gasteiger partial charge in [0.15, 0.2) is 11.6 Å². The minimum atomic E-state index is -0.618. The van der Waals surface area contributed by atoms with Crippen LogP contribution < -0.4 is 5.32 Å². The Bertz CT molecular complexity index is 1800. The minimum Gasteiger partial charge on any atom is -0.348 e. The number of aromatic amines is 1. The van der Waals surface area contributed by atoms with Crippen molar-refractivity contribution in [3.8, 4) is 0 Å². The summed E-state index contributed by atoms with van der Waals surface area (Å²) in [7, 11) is 0. The van der Waals surface area contributed by atoms with Crippen LogP contribution in [0, 0.1) is 0 Å². The van der Waals surface area contributed by atoms with Crippen molar-refractivity contribution >= 4 is 33.5 Å². The lowest BCUT2D eigenvalue weighted by molar-refractivity contribution is -0.177. The van der Waals surface area contributed by atoms with Gasteiger partial charge in [0.2, 0.25) is 0 Å². The standard InChI is InChI=1S/C35H45N7O5/c1-21-7-6-12-40(21)19-30-38-25-10-9-24(16-26(25)39-30)37-33(43)22-8-11-27-23(15-22)17-36-42(27)14-13-41-18-28-32(47-35(4,5)45-28)31(41)29-20-44-34(2,3)46-29/h8-11,15-17,21,28-29,31-32H,6-7,12-14,18-20H2,1-5H3,(H,37,43)(H,38,39)/t21-,28?,29?,31?,32?/m0/s1. The summed E-state index contributed by atoms with van der Waals surface area (Å²) in [6.45, 7) is 14.7. The third kappa shape index (κ3) is 6.07. The highest BCUT2D eigenvalue weighted by molar-refractivity contribution is 6.06. The quantitative estimate of drug-likeness (QED) is 0.286. The number of H-pyrrole nitrogens is 1. The lowest BCUT2D eigenvalue weighted by atomic mass is 10.1. The number of benzene rings is 2. The van der Waals surface area contributed by atoms with Gasteiger partial charge in [-0.25, -0.2) is 4.98 Å². The molecule has 4 aromatic rings. The van der Waals surface area contributed by atoms with Crippen molar-refractivity contribution in [2.24, 2.45) is 0 Å². The van der Waals surface area contributed by atoms with E-state index < -0.39 is 11.6 Å². The Kier molecular flexibility index (Phi) is 7.66. The first-order valence-electron chi connectivity index (χ1n) is 16.9. The number of carbonyl (C=O) groups is 1. The monoisotopic (exact) mass is 643 g/mol. The number of anilines is 1. The van der Waals surface area contributed by atoms with Crippen molar-refractivity contribution in [2.75, 3.05) is 31.6 Å². The van der Waals surface area contributed by atoms with Crippen molar-refractivity contribution < 1.29 is 23.7 Å². The summed E-state index contributed by atoms with van der Waals surface area (Å²) < 4.78 is 26.9. The van der Waals surface area contributed by atoms with Crippen LogP contribution in [-0.4, -0.2) is 104 Å². The van der Waals surface area contributed by atoms with Crippen LogP contribution in [0.4, 0.5) is 5.69 Å². The fraction of sp³-hybridized carbons (Fsp3) is 0.571. The summed E-state index contributed by atoms with van der Waals surface area (Å²) in [4.78, 5) is 26.4. The Labute approximate surface area is 274 Å². The molecular weight excluding hydrogens is 598 g/mol. The van der Waals surface area contributed by atoms with Crippen molar-refractivity contribution in [3.05, 3.63) is 54.0 Å². The second-order valence-electron chi connectivity index (χ2n) is 14.5. The number of nitrogens with zero attached hydrogens (tertiary/aromatic N) is 5. The lowest BCUT2D eigenvalue weighted by Crippen LogP contribution is -2.49. The number of likely N-dealkylation sites (tertiary alicyclic amines) is 2. The first kappa shape index (κ1) is 30.9. The third-order valence-electron chi connectivity index (χ3n) is 10.1. The van der Waals surface area contributed by atoms with E-state index in [1.807, 2.05) is 75.0 Å². The van der Waals surface area contributed by atoms with E-state index >= 15 is 0 Å². The molecule has 250 valence electrons. The van der Waals surface area contributed by atoms with E-state index in [0.29, 0.717) is 24.8 Å². The highest BCUT2D eigenvalue weighted by Gasteiger charge is 2.56. The zero-order valence-electron chi connectivity index (χ0n) is 27.9. The molecule has 0 spiro atoms. The number of fused-ring (bicyclic) bond motifs is 3. The molecule has 0 saturated carbocycles. The zero-order valence-corrected chi connectivity index (χ0v) is 27.9. The summed E-state index contributed by atoms with van der Waals surface area (Å²) in [5, 5.41) is 8.66. The Morgan fingerprint density at radius 1 is 1.02 bits per heavy atom. The number of nitrogens with one attached hydrogen (secondary N) is 2. The maximum atomic E-state index is 13.3. The lowest BCUT2D eigenvalue weighted by Gasteiger charge is -2.33. The normalized spacial score (nSPS) is 28.9. The fourth-order valence-electron chi connectivity index (χ4n) is 7.89. The average molecular weight is 644 g/mol. The second kappa shape index (κ2) is 11.6. The van der Waals surface area contributed by atoms with Crippen molar-refractivity contribution in [1.82, 2.24) is 29.5 Å². The van der Waals surface area contributed by atoms with Gasteiger partial charge >= 0.3 is 0 Å². The van der Waals surface area contributed by atoms with Gasteiger partial charge in [0, 0.05) is 35.8 Å². The first-order chi connectivity index (χ1) is 22.5. The van der Waals surface area contributed by atoms with Gasteiger partial charge in [-0.15, -0.1) is 0 Å². The topological polar surface area (TPSA) is 119 Å². The maximum absolute atomic E-state index is 13.3. The van der Waals surface area contributed by atoms with E-state index in [1.54, 1.807) is 0 Å². The smallest absolute Gasteiger partial charge is 0.255 e. The average Bonchev–Trinajstić information content (AvgIpc) is 3.86. The summed E-state index contributed by atoms with van der Waals surface area (Å²) in [5.74, 6) is -0.440. The zero-order chi connectivity index (χ0) is 32.5. The van der Waals surface area contributed by atoms with Gasteiger partial charge in [0.1, 0.15) is 24.1 Å². The molecule has 47 heavy (non-hydrogen) atoms. The summed E-state index contributed by atoms with van der Waals surface area (Å²) in [5.41, 5.74) is 4.10. The van der Waals surface area contributed by atoms with Crippen LogP contribution in [0.15, 0.2) is 42.6 Å². The predicted molar refractivity (Wildman–Crippen MR) is 177 cm³/mol. The van der Waals surface area contributed by atoms with Gasteiger partial charge in [-0.3, -0.25) is 19.3 Å². The van der Waals surface area contributed by atoms with Gasteiger partial charge in [0.25, 0.3) is 5.91 Å². The van der Waals surface area contributed by atoms with E-state index in [9.17, 15) is 4.79 Å². The number of rotatable bonds is 8. The number of amides is 1. The van der Waals surface area contributed by atoms with Gasteiger partial charge in [-0.1, -0.05) is 0 Å². The summed E-state index contributed by atoms with van der Waals surface area (Å²) in [6, 6.07) is 12.1. The molecule has 0 bridgehead atoms. The fourth-order valence-corrected chi connectivity index (χ4v) is 7.89.